The number of aromatic nitrogens is 2. The normalized spacial score (nSPS) is 9.62. The summed E-state index contributed by atoms with van der Waals surface area (Å²) in [5.41, 5.74) is 8.06. The predicted molar refractivity (Wildman–Crippen MR) is 50.2 cm³/mol. The van der Waals surface area contributed by atoms with Crippen LogP contribution in [0.4, 0.5) is 0 Å². The van der Waals surface area contributed by atoms with Gasteiger partial charge in [-0.05, 0) is 12.0 Å². The third-order valence-corrected chi connectivity index (χ3v) is 1.84. The molecule has 0 atom stereocenters. The molecule has 0 saturated heterocycles. The summed E-state index contributed by atoms with van der Waals surface area (Å²) in [4.78, 5) is 6.89. The van der Waals surface area contributed by atoms with Crippen LogP contribution in [0.3, 0.4) is 0 Å². The fourth-order valence-corrected chi connectivity index (χ4v) is 1.21. The third kappa shape index (κ3) is 2.80. The van der Waals surface area contributed by atoms with E-state index in [1.807, 2.05) is 6.20 Å². The van der Waals surface area contributed by atoms with E-state index in [4.69, 9.17) is 5.53 Å². The molecule has 1 aromatic rings. The number of rotatable bonds is 5. The van der Waals surface area contributed by atoms with E-state index in [2.05, 4.69) is 26.5 Å². The first-order valence-electron chi connectivity index (χ1n) is 4.39. The van der Waals surface area contributed by atoms with Gasteiger partial charge in [-0.3, -0.25) is 0 Å². The van der Waals surface area contributed by atoms with Crippen molar-refractivity contribution in [3.05, 3.63) is 28.7 Å². The van der Waals surface area contributed by atoms with E-state index in [1.165, 1.54) is 0 Å². The van der Waals surface area contributed by atoms with Crippen LogP contribution in [-0.4, -0.2) is 16.1 Å². The third-order valence-electron chi connectivity index (χ3n) is 1.84. The number of azide groups is 1. The molecule has 0 spiro atoms. The van der Waals surface area contributed by atoms with Crippen LogP contribution in [-0.2, 0) is 13.0 Å². The van der Waals surface area contributed by atoms with Crippen molar-refractivity contribution >= 4 is 0 Å². The second kappa shape index (κ2) is 5.22. The van der Waals surface area contributed by atoms with Crippen LogP contribution in [0.1, 0.15) is 19.2 Å². The summed E-state index contributed by atoms with van der Waals surface area (Å²) in [6, 6.07) is 0. The highest BCUT2D eigenvalue weighted by Gasteiger charge is 1.97. The molecule has 0 bridgehead atoms. The van der Waals surface area contributed by atoms with Gasteiger partial charge in [0.15, 0.2) is 0 Å². The number of hydrogen-bond donors (Lipinski definition) is 0. The highest BCUT2D eigenvalue weighted by Crippen LogP contribution is 2.00. The minimum Gasteiger partial charge on any atom is -0.335 e. The first kappa shape index (κ1) is 9.61. The van der Waals surface area contributed by atoms with Crippen molar-refractivity contribution in [3.63, 3.8) is 0 Å². The molecule has 1 aromatic heterocycles. The minimum absolute atomic E-state index is 0.553. The minimum atomic E-state index is 0.553. The second-order valence-corrected chi connectivity index (χ2v) is 2.70. The van der Waals surface area contributed by atoms with Crippen LogP contribution in [0.5, 0.6) is 0 Å². The molecule has 13 heavy (non-hydrogen) atoms. The van der Waals surface area contributed by atoms with Gasteiger partial charge in [0.1, 0.15) is 5.82 Å². The van der Waals surface area contributed by atoms with Crippen LogP contribution >= 0.6 is 0 Å². The Morgan fingerprint density at radius 2 is 2.54 bits per heavy atom. The largest absolute Gasteiger partial charge is 0.335 e. The molecule has 0 aliphatic carbocycles. The van der Waals surface area contributed by atoms with Crippen molar-refractivity contribution < 1.29 is 0 Å². The fraction of sp³-hybridized carbons (Fsp3) is 0.625. The quantitative estimate of drug-likeness (QED) is 0.295. The highest BCUT2D eigenvalue weighted by molar-refractivity contribution is 4.91. The molecule has 1 heterocycles. The maximum absolute atomic E-state index is 8.06. The molecular formula is C8H13N5. The van der Waals surface area contributed by atoms with E-state index in [-0.39, 0.29) is 0 Å². The van der Waals surface area contributed by atoms with E-state index in [9.17, 15) is 0 Å². The molecule has 0 aliphatic heterocycles. The average Bonchev–Trinajstić information content (AvgIpc) is 2.60. The molecular weight excluding hydrogens is 166 g/mol. The molecule has 0 radical (unpaired) electrons. The first-order valence-corrected chi connectivity index (χ1v) is 4.39. The zero-order valence-corrected chi connectivity index (χ0v) is 7.72. The SMILES string of the molecule is CCc1nccn1CCCN=[N+]=[N-]. The van der Waals surface area contributed by atoms with Crippen LogP contribution < -0.4 is 0 Å². The monoisotopic (exact) mass is 179 g/mol. The molecule has 5 nitrogen and oxygen atoms in total. The molecule has 0 fully saturated rings. The standard InChI is InChI=1S/C8H13N5/c1-2-8-10-5-7-13(8)6-3-4-11-12-9/h5,7H,2-4,6H2,1H3. The van der Waals surface area contributed by atoms with Crippen LogP contribution in [0, 0.1) is 0 Å². The first-order chi connectivity index (χ1) is 6.38. The Morgan fingerprint density at radius 1 is 1.69 bits per heavy atom. The molecule has 0 N–H and O–H groups in total. The highest BCUT2D eigenvalue weighted by atomic mass is 15.1. The van der Waals surface area contributed by atoms with Crippen molar-refractivity contribution in [3.8, 4) is 0 Å². The van der Waals surface area contributed by atoms with Crippen LogP contribution in [0.2, 0.25) is 0 Å². The van der Waals surface area contributed by atoms with Crippen molar-refractivity contribution in [1.82, 2.24) is 9.55 Å². The topological polar surface area (TPSA) is 66.6 Å². The summed E-state index contributed by atoms with van der Waals surface area (Å²) < 4.78 is 2.09. The molecule has 0 aromatic carbocycles. The summed E-state index contributed by atoms with van der Waals surface area (Å²) in [5.74, 6) is 1.08. The van der Waals surface area contributed by atoms with Gasteiger partial charge < -0.3 is 4.57 Å². The van der Waals surface area contributed by atoms with E-state index in [0.29, 0.717) is 6.54 Å². The summed E-state index contributed by atoms with van der Waals surface area (Å²) in [6.07, 6.45) is 5.56. The van der Waals surface area contributed by atoms with Gasteiger partial charge in [0.2, 0.25) is 0 Å². The van der Waals surface area contributed by atoms with Crippen molar-refractivity contribution in [1.29, 1.82) is 0 Å². The Balaban J connectivity index is 2.39. The molecule has 1 rings (SSSR count). The Kier molecular flexibility index (Phi) is 3.85. The summed E-state index contributed by atoms with van der Waals surface area (Å²) in [7, 11) is 0. The molecule has 70 valence electrons. The number of nitrogens with zero attached hydrogens (tertiary/aromatic N) is 5. The molecule has 0 unspecified atom stereocenters. The number of hydrogen-bond acceptors (Lipinski definition) is 2. The second-order valence-electron chi connectivity index (χ2n) is 2.70. The molecule has 5 heteroatoms. The molecule has 0 saturated carbocycles. The van der Waals surface area contributed by atoms with Crippen molar-refractivity contribution in [2.75, 3.05) is 6.54 Å². The van der Waals surface area contributed by atoms with Gasteiger partial charge in [0.25, 0.3) is 0 Å². The lowest BCUT2D eigenvalue weighted by Gasteiger charge is -2.03. The van der Waals surface area contributed by atoms with Gasteiger partial charge in [0.05, 0.1) is 0 Å². The zero-order chi connectivity index (χ0) is 9.52. The maximum Gasteiger partial charge on any atom is 0.108 e. The lowest BCUT2D eigenvalue weighted by molar-refractivity contribution is 0.620. The zero-order valence-electron chi connectivity index (χ0n) is 7.72. The maximum atomic E-state index is 8.06. The lowest BCUT2D eigenvalue weighted by atomic mass is 10.4. The van der Waals surface area contributed by atoms with Gasteiger partial charge in [-0.25, -0.2) is 4.98 Å². The summed E-state index contributed by atoms with van der Waals surface area (Å²) in [5, 5.41) is 3.47. The predicted octanol–water partition coefficient (Wildman–Crippen LogP) is 2.15. The van der Waals surface area contributed by atoms with Gasteiger partial charge >= 0.3 is 0 Å². The van der Waals surface area contributed by atoms with Gasteiger partial charge in [-0.15, -0.1) is 0 Å². The fourth-order valence-electron chi connectivity index (χ4n) is 1.21. The van der Waals surface area contributed by atoms with E-state index >= 15 is 0 Å². The Morgan fingerprint density at radius 3 is 3.23 bits per heavy atom. The van der Waals surface area contributed by atoms with Gasteiger partial charge in [-0.1, -0.05) is 12.0 Å². The van der Waals surface area contributed by atoms with Gasteiger partial charge in [0, 0.05) is 36.8 Å². The number of aryl methyl sites for hydroxylation is 2. The number of imidazole rings is 1. The van der Waals surface area contributed by atoms with E-state index in [1.54, 1.807) is 6.20 Å². The van der Waals surface area contributed by atoms with Crippen LogP contribution in [0.25, 0.3) is 10.4 Å². The van der Waals surface area contributed by atoms with E-state index in [0.717, 1.165) is 25.2 Å². The van der Waals surface area contributed by atoms with Crippen molar-refractivity contribution in [2.45, 2.75) is 26.3 Å². The Bertz CT molecular complexity index is 297. The molecule has 0 aliphatic rings. The smallest absolute Gasteiger partial charge is 0.108 e. The lowest BCUT2D eigenvalue weighted by Crippen LogP contribution is -2.02. The summed E-state index contributed by atoms with van der Waals surface area (Å²) >= 11 is 0. The van der Waals surface area contributed by atoms with Crippen LogP contribution in [0.15, 0.2) is 17.5 Å². The Labute approximate surface area is 77.0 Å². The van der Waals surface area contributed by atoms with Gasteiger partial charge in [-0.2, -0.15) is 0 Å². The average molecular weight is 179 g/mol. The van der Waals surface area contributed by atoms with E-state index < -0.39 is 0 Å². The Hall–Kier alpha value is -1.48. The molecule has 0 amide bonds. The summed E-state index contributed by atoms with van der Waals surface area (Å²) in [6.45, 7) is 3.51. The van der Waals surface area contributed by atoms with Crippen molar-refractivity contribution in [2.24, 2.45) is 5.11 Å².